The van der Waals surface area contributed by atoms with E-state index in [0.29, 0.717) is 5.92 Å². The van der Waals surface area contributed by atoms with Gasteiger partial charge in [-0.05, 0) is 26.7 Å². The quantitative estimate of drug-likeness (QED) is 0.763. The fourth-order valence-electron chi connectivity index (χ4n) is 2.03. The summed E-state index contributed by atoms with van der Waals surface area (Å²) >= 11 is 1.63. The van der Waals surface area contributed by atoms with Crippen molar-refractivity contribution >= 4 is 11.3 Å². The molecule has 0 atom stereocenters. The molecule has 1 saturated carbocycles. The first-order valence-corrected chi connectivity index (χ1v) is 6.38. The molecule has 15 heavy (non-hydrogen) atoms. The fraction of sp³-hybridized carbons (Fsp3) is 0.667. The molecule has 0 aromatic carbocycles. The summed E-state index contributed by atoms with van der Waals surface area (Å²) in [5.41, 5.74) is 0.789. The van der Waals surface area contributed by atoms with Crippen molar-refractivity contribution in [1.82, 2.24) is 4.98 Å². The van der Waals surface area contributed by atoms with E-state index in [0.717, 1.165) is 5.01 Å². The van der Waals surface area contributed by atoms with Crippen LogP contribution in [-0.4, -0.2) is 4.98 Å². The Morgan fingerprint density at radius 1 is 1.47 bits per heavy atom. The van der Waals surface area contributed by atoms with Crippen LogP contribution in [0.2, 0.25) is 0 Å². The molecule has 80 valence electrons. The number of nitriles is 1. The SMILES string of the molecule is CC(C)(C#N)c1nc(C2CCCC2)cs1. The average Bonchev–Trinajstić information content (AvgIpc) is 2.88. The second-order valence-corrected chi connectivity index (χ2v) is 5.65. The van der Waals surface area contributed by atoms with Crippen molar-refractivity contribution in [3.05, 3.63) is 16.1 Å². The van der Waals surface area contributed by atoms with Gasteiger partial charge in [0.2, 0.25) is 0 Å². The van der Waals surface area contributed by atoms with Crippen LogP contribution in [0.25, 0.3) is 0 Å². The molecule has 3 heteroatoms. The minimum absolute atomic E-state index is 0.429. The van der Waals surface area contributed by atoms with Gasteiger partial charge in [0, 0.05) is 11.3 Å². The Kier molecular flexibility index (Phi) is 2.79. The molecule has 0 saturated heterocycles. The van der Waals surface area contributed by atoms with Gasteiger partial charge in [-0.3, -0.25) is 0 Å². The largest absolute Gasteiger partial charge is 0.244 e. The highest BCUT2D eigenvalue weighted by atomic mass is 32.1. The van der Waals surface area contributed by atoms with Crippen molar-refractivity contribution in [2.45, 2.75) is 50.9 Å². The Morgan fingerprint density at radius 3 is 2.73 bits per heavy atom. The fourth-order valence-corrected chi connectivity index (χ4v) is 3.01. The lowest BCUT2D eigenvalue weighted by atomic mass is 9.97. The van der Waals surface area contributed by atoms with Crippen molar-refractivity contribution in [2.24, 2.45) is 0 Å². The zero-order valence-electron chi connectivity index (χ0n) is 9.29. The van der Waals surface area contributed by atoms with Crippen LogP contribution in [0.15, 0.2) is 5.38 Å². The monoisotopic (exact) mass is 220 g/mol. The molecule has 1 aromatic heterocycles. The maximum absolute atomic E-state index is 9.04. The highest BCUT2D eigenvalue weighted by molar-refractivity contribution is 7.09. The standard InChI is InChI=1S/C12H16N2S/c1-12(2,8-13)11-14-10(7-15-11)9-5-3-4-6-9/h7,9H,3-6H2,1-2H3. The third kappa shape index (κ3) is 2.05. The number of hydrogen-bond donors (Lipinski definition) is 0. The van der Waals surface area contributed by atoms with E-state index in [1.807, 2.05) is 13.8 Å². The molecule has 1 aliphatic rings. The smallest absolute Gasteiger partial charge is 0.113 e. The van der Waals surface area contributed by atoms with E-state index in [-0.39, 0.29) is 0 Å². The van der Waals surface area contributed by atoms with Gasteiger partial charge < -0.3 is 0 Å². The normalized spacial score (nSPS) is 17.9. The van der Waals surface area contributed by atoms with Crippen molar-refractivity contribution in [3.63, 3.8) is 0 Å². The van der Waals surface area contributed by atoms with Gasteiger partial charge in [-0.1, -0.05) is 12.8 Å². The van der Waals surface area contributed by atoms with E-state index in [1.54, 1.807) is 11.3 Å². The van der Waals surface area contributed by atoms with Crippen molar-refractivity contribution < 1.29 is 0 Å². The molecule has 0 radical (unpaired) electrons. The van der Waals surface area contributed by atoms with Crippen molar-refractivity contribution in [1.29, 1.82) is 5.26 Å². The molecule has 0 N–H and O–H groups in total. The van der Waals surface area contributed by atoms with Crippen LogP contribution in [-0.2, 0) is 5.41 Å². The van der Waals surface area contributed by atoms with Gasteiger partial charge in [-0.15, -0.1) is 11.3 Å². The van der Waals surface area contributed by atoms with Crippen LogP contribution in [0.3, 0.4) is 0 Å². The Balaban J connectivity index is 2.21. The highest BCUT2D eigenvalue weighted by Crippen LogP contribution is 2.36. The molecule has 0 bridgehead atoms. The van der Waals surface area contributed by atoms with Crippen molar-refractivity contribution in [2.75, 3.05) is 0 Å². The summed E-state index contributed by atoms with van der Waals surface area (Å²) in [7, 11) is 0. The molecule has 1 aliphatic carbocycles. The average molecular weight is 220 g/mol. The highest BCUT2D eigenvalue weighted by Gasteiger charge is 2.26. The van der Waals surface area contributed by atoms with Gasteiger partial charge in [-0.2, -0.15) is 5.26 Å². The lowest BCUT2D eigenvalue weighted by molar-refractivity contribution is 0.653. The van der Waals surface area contributed by atoms with E-state index >= 15 is 0 Å². The van der Waals surface area contributed by atoms with Crippen LogP contribution in [0.5, 0.6) is 0 Å². The Hall–Kier alpha value is -0.880. The third-order valence-electron chi connectivity index (χ3n) is 3.11. The van der Waals surface area contributed by atoms with Crippen molar-refractivity contribution in [3.8, 4) is 6.07 Å². The van der Waals surface area contributed by atoms with Gasteiger partial charge in [0.1, 0.15) is 10.4 Å². The Labute approximate surface area is 95.0 Å². The molecule has 0 aliphatic heterocycles. The maximum Gasteiger partial charge on any atom is 0.113 e. The van der Waals surface area contributed by atoms with E-state index in [2.05, 4.69) is 16.4 Å². The number of nitrogens with zero attached hydrogens (tertiary/aromatic N) is 2. The van der Waals surface area contributed by atoms with Crippen LogP contribution < -0.4 is 0 Å². The number of rotatable bonds is 2. The Morgan fingerprint density at radius 2 is 2.13 bits per heavy atom. The summed E-state index contributed by atoms with van der Waals surface area (Å²) in [4.78, 5) is 4.63. The summed E-state index contributed by atoms with van der Waals surface area (Å²) in [6.45, 7) is 3.87. The first-order valence-electron chi connectivity index (χ1n) is 5.50. The van der Waals surface area contributed by atoms with Gasteiger partial charge in [0.05, 0.1) is 11.8 Å². The van der Waals surface area contributed by atoms with E-state index in [9.17, 15) is 0 Å². The summed E-state index contributed by atoms with van der Waals surface area (Å²) in [5, 5.41) is 12.1. The number of hydrogen-bond acceptors (Lipinski definition) is 3. The number of thiazole rings is 1. The van der Waals surface area contributed by atoms with E-state index in [1.165, 1.54) is 31.4 Å². The molecule has 1 fully saturated rings. The zero-order chi connectivity index (χ0) is 10.9. The molecule has 0 spiro atoms. The molecular formula is C12H16N2S. The summed E-state index contributed by atoms with van der Waals surface area (Å²) < 4.78 is 0. The zero-order valence-corrected chi connectivity index (χ0v) is 10.1. The summed E-state index contributed by atoms with van der Waals surface area (Å²) in [5.74, 6) is 0.657. The van der Waals surface area contributed by atoms with Crippen LogP contribution in [0.1, 0.15) is 56.2 Å². The minimum atomic E-state index is -0.429. The predicted molar refractivity (Wildman–Crippen MR) is 62.0 cm³/mol. The topological polar surface area (TPSA) is 36.7 Å². The minimum Gasteiger partial charge on any atom is -0.244 e. The van der Waals surface area contributed by atoms with Gasteiger partial charge >= 0.3 is 0 Å². The van der Waals surface area contributed by atoms with E-state index < -0.39 is 5.41 Å². The van der Waals surface area contributed by atoms with E-state index in [4.69, 9.17) is 5.26 Å². The molecule has 2 nitrogen and oxygen atoms in total. The summed E-state index contributed by atoms with van der Waals surface area (Å²) in [6.07, 6.45) is 5.21. The second-order valence-electron chi connectivity index (χ2n) is 4.80. The lowest BCUT2D eigenvalue weighted by Gasteiger charge is -2.10. The predicted octanol–water partition coefficient (Wildman–Crippen LogP) is 3.60. The first kappa shape index (κ1) is 10.6. The number of aromatic nitrogens is 1. The van der Waals surface area contributed by atoms with Crippen LogP contribution in [0, 0.1) is 11.3 Å². The lowest BCUT2D eigenvalue weighted by Crippen LogP contribution is -2.13. The molecule has 0 unspecified atom stereocenters. The van der Waals surface area contributed by atoms with Gasteiger partial charge in [-0.25, -0.2) is 4.98 Å². The molecule has 2 rings (SSSR count). The molecule has 0 amide bonds. The van der Waals surface area contributed by atoms with Crippen LogP contribution in [0.4, 0.5) is 0 Å². The molecule has 1 aromatic rings. The maximum atomic E-state index is 9.04. The molecule has 1 heterocycles. The molecular weight excluding hydrogens is 204 g/mol. The van der Waals surface area contributed by atoms with Crippen LogP contribution >= 0.6 is 11.3 Å². The van der Waals surface area contributed by atoms with Gasteiger partial charge in [0.25, 0.3) is 0 Å². The first-order chi connectivity index (χ1) is 7.13. The Bertz CT molecular complexity index is 381. The summed E-state index contributed by atoms with van der Waals surface area (Å²) in [6, 6.07) is 2.31. The third-order valence-corrected chi connectivity index (χ3v) is 4.29. The second kappa shape index (κ2) is 3.94. The van der Waals surface area contributed by atoms with Gasteiger partial charge in [0.15, 0.2) is 0 Å².